The zero-order valence-corrected chi connectivity index (χ0v) is 28.9. The number of fused-ring (bicyclic) bond motifs is 9. The molecule has 8 aromatic carbocycles. The van der Waals surface area contributed by atoms with Gasteiger partial charge in [0.25, 0.3) is 0 Å². The molecule has 0 aliphatic heterocycles. The van der Waals surface area contributed by atoms with Crippen LogP contribution in [0.3, 0.4) is 0 Å². The number of aromatic nitrogens is 3. The van der Waals surface area contributed by atoms with Crippen molar-refractivity contribution in [3.8, 4) is 56.4 Å². The van der Waals surface area contributed by atoms with Gasteiger partial charge >= 0.3 is 0 Å². The summed E-state index contributed by atoms with van der Waals surface area (Å²) in [6, 6.07) is -23.8. The summed E-state index contributed by atoms with van der Waals surface area (Å²) in [6.45, 7) is 0. The molecule has 0 saturated heterocycles. The van der Waals surface area contributed by atoms with Crippen molar-refractivity contribution in [1.29, 1.82) is 0 Å². The molecule has 0 bridgehead atoms. The number of thiophene rings is 1. The molecule has 6 heteroatoms. The van der Waals surface area contributed by atoms with Crippen LogP contribution in [0.1, 0.15) is 39.8 Å². The third-order valence-corrected chi connectivity index (χ3v) is 9.80. The van der Waals surface area contributed by atoms with E-state index in [4.69, 9.17) is 34.9 Å². The molecule has 0 spiro atoms. The van der Waals surface area contributed by atoms with E-state index in [1.165, 1.54) is 0 Å². The van der Waals surface area contributed by atoms with E-state index in [0.717, 1.165) is 0 Å². The molecule has 0 aliphatic carbocycles. The van der Waals surface area contributed by atoms with Gasteiger partial charge in [-0.1, -0.05) is 127 Å². The van der Waals surface area contributed by atoms with Crippen molar-refractivity contribution in [2.24, 2.45) is 0 Å². The van der Waals surface area contributed by atoms with Gasteiger partial charge in [-0.2, -0.15) is 0 Å². The van der Waals surface area contributed by atoms with Gasteiger partial charge in [0, 0.05) is 58.4 Å². The zero-order chi connectivity index (χ0) is 62.7. The smallest absolute Gasteiger partial charge is 0.164 e. The molecule has 12 aromatic rings. The van der Waals surface area contributed by atoms with E-state index in [0.29, 0.717) is 11.3 Å². The first kappa shape index (κ1) is 14.6. The fourth-order valence-electron chi connectivity index (χ4n) is 6.28. The predicted molar refractivity (Wildman–Crippen MR) is 234 cm³/mol. The fraction of sp³-hybridized carbons (Fsp3) is 0. The monoisotopic (exact) mass is 776 g/mol. The van der Waals surface area contributed by atoms with Gasteiger partial charge in [-0.25, -0.2) is 15.0 Å². The lowest BCUT2D eigenvalue weighted by Crippen LogP contribution is -1.99. The van der Waals surface area contributed by atoms with Gasteiger partial charge in [-0.3, -0.25) is 0 Å². The molecule has 12 rings (SSSR count). The highest BCUT2D eigenvalue weighted by atomic mass is 32.1. The Bertz CT molecular complexity index is 5100. The second kappa shape index (κ2) is 12.6. The largest absolute Gasteiger partial charge is 0.456 e. The second-order valence-electron chi connectivity index (χ2n) is 12.1. The Morgan fingerprint density at radius 1 is 0.351 bits per heavy atom. The topological polar surface area (TPSA) is 65.0 Å². The van der Waals surface area contributed by atoms with E-state index < -0.39 is 276 Å². The predicted octanol–water partition coefficient (Wildman–Crippen LogP) is 14.4. The van der Waals surface area contributed by atoms with Crippen LogP contribution in [-0.4, -0.2) is 15.0 Å². The average Bonchev–Trinajstić information content (AvgIpc) is 1.48. The molecule has 0 amide bonds. The Morgan fingerprint density at radius 2 is 0.877 bits per heavy atom. The van der Waals surface area contributed by atoms with Crippen LogP contribution in [-0.2, 0) is 0 Å². The Labute approximate surface area is 370 Å². The standard InChI is InChI=1S/C51H29N3O2S/c1-3-11-30(12-4-1)49-52-50(31-13-5-2-6-14-31)54-51(53-49)34-20-23-38-37-22-19-32(28-46(37)57-47(38)29-34)35-26-40(48-39-16-8-10-18-43(39)56-45(48)27-35)33-21-24-44-41(25-33)36-15-7-9-17-42(36)55-44/h1-29H/i1D,2D,3D,4D,5D,6D,7D,8D,9D,10D,11D,12D,13D,14D,15D,16D,17D,18D,19D,20D,21D,22D,23D,24D,25D,26D,27D,28D,29D. The minimum Gasteiger partial charge on any atom is -0.456 e. The van der Waals surface area contributed by atoms with Gasteiger partial charge in [0.15, 0.2) is 17.5 Å². The summed E-state index contributed by atoms with van der Waals surface area (Å²) in [5, 5.41) is -2.52. The Morgan fingerprint density at radius 3 is 1.58 bits per heavy atom. The molecule has 266 valence electrons. The van der Waals surface area contributed by atoms with E-state index >= 15 is 0 Å². The van der Waals surface area contributed by atoms with E-state index in [1.807, 2.05) is 0 Å². The fourth-order valence-corrected chi connectivity index (χ4v) is 7.30. The third kappa shape index (κ3) is 5.26. The van der Waals surface area contributed by atoms with Crippen molar-refractivity contribution >= 4 is 75.4 Å². The van der Waals surface area contributed by atoms with E-state index in [2.05, 4.69) is 15.0 Å². The Balaban J connectivity index is 1.18. The highest BCUT2D eigenvalue weighted by molar-refractivity contribution is 7.25. The maximum atomic E-state index is 10.0. The lowest BCUT2D eigenvalue weighted by Gasteiger charge is -2.09. The third-order valence-electron chi connectivity index (χ3n) is 8.77. The summed E-state index contributed by atoms with van der Waals surface area (Å²) in [4.78, 5) is 12.9. The number of rotatable bonds is 5. The number of benzene rings is 8. The molecule has 0 aliphatic rings. The molecule has 0 unspecified atom stereocenters. The van der Waals surface area contributed by atoms with E-state index in [1.54, 1.807) is 0 Å². The van der Waals surface area contributed by atoms with Crippen LogP contribution in [0.4, 0.5) is 0 Å². The summed E-state index contributed by atoms with van der Waals surface area (Å²) in [6.07, 6.45) is 0. The Kier molecular flexibility index (Phi) is 3.22. The zero-order valence-electron chi connectivity index (χ0n) is 57.1. The molecule has 4 heterocycles. The lowest BCUT2D eigenvalue weighted by atomic mass is 9.93. The van der Waals surface area contributed by atoms with Gasteiger partial charge in [0.1, 0.15) is 22.3 Å². The SMILES string of the molecule is [2H]c1c([2H])c([2H])c(-c2nc(-c3c([2H])c([2H])c([2H])c([2H])c3[2H])nc(-c3c([2H])c([2H])c4c(sc5c([2H])c(-c6c([2H])c(-c7c([2H])c([2H])c8oc9c([2H])c([2H])c([2H])c([2H])c9c8c7[2H])c7c(oc8c([2H])c([2H])c([2H])c([2H])c87)c6[2H])c([2H])c([2H])c54)c3[2H])n2)c([2H])c1[2H]. The van der Waals surface area contributed by atoms with E-state index in [-0.39, 0.29) is 20.2 Å². The summed E-state index contributed by atoms with van der Waals surface area (Å²) in [5.41, 5.74) is -7.05. The van der Waals surface area contributed by atoms with Crippen molar-refractivity contribution in [3.63, 3.8) is 0 Å². The minimum atomic E-state index is -0.937. The van der Waals surface area contributed by atoms with Crippen molar-refractivity contribution in [2.75, 3.05) is 0 Å². The maximum absolute atomic E-state index is 10.0. The summed E-state index contributed by atoms with van der Waals surface area (Å²) in [7, 11) is 0. The van der Waals surface area contributed by atoms with Gasteiger partial charge in [0.05, 0.1) is 39.8 Å². The van der Waals surface area contributed by atoms with Crippen LogP contribution in [0.15, 0.2) is 184 Å². The molecule has 57 heavy (non-hydrogen) atoms. The van der Waals surface area contributed by atoms with Crippen LogP contribution in [0.25, 0.3) is 120 Å². The molecule has 0 fully saturated rings. The van der Waals surface area contributed by atoms with Crippen molar-refractivity contribution < 1.29 is 48.6 Å². The summed E-state index contributed by atoms with van der Waals surface area (Å²) < 4.78 is 270. The van der Waals surface area contributed by atoms with Gasteiger partial charge in [-0.15, -0.1) is 11.3 Å². The molecule has 0 radical (unpaired) electrons. The molecular formula is C51H29N3O2S. The second-order valence-corrected chi connectivity index (χ2v) is 13.1. The first-order valence-electron chi connectivity index (χ1n) is 31.1. The highest BCUT2D eigenvalue weighted by Gasteiger charge is 2.18. The first-order chi connectivity index (χ1) is 40.3. The average molecular weight is 777 g/mol. The van der Waals surface area contributed by atoms with Crippen molar-refractivity contribution in [3.05, 3.63) is 175 Å². The minimum absolute atomic E-state index is 0.295. The van der Waals surface area contributed by atoms with Crippen LogP contribution in [0.2, 0.25) is 0 Å². The van der Waals surface area contributed by atoms with Crippen molar-refractivity contribution in [1.82, 2.24) is 15.0 Å². The number of para-hydroxylation sites is 2. The number of furan rings is 2. The normalized spacial score (nSPS) is 19.0. The summed E-state index contributed by atoms with van der Waals surface area (Å²) >= 11 is 0.534. The van der Waals surface area contributed by atoms with Crippen molar-refractivity contribution in [2.45, 2.75) is 0 Å². The first-order valence-corrected chi connectivity index (χ1v) is 17.4. The summed E-state index contributed by atoms with van der Waals surface area (Å²) in [5.74, 6) is -2.26. The maximum Gasteiger partial charge on any atom is 0.164 e. The van der Waals surface area contributed by atoms with Crippen LogP contribution >= 0.6 is 11.3 Å². The number of hydrogen-bond donors (Lipinski definition) is 0. The molecule has 5 nitrogen and oxygen atoms in total. The number of nitrogens with zero attached hydrogens (tertiary/aromatic N) is 3. The van der Waals surface area contributed by atoms with Crippen LogP contribution < -0.4 is 0 Å². The van der Waals surface area contributed by atoms with Gasteiger partial charge in [-0.05, 0) is 70.6 Å². The number of hydrogen-bond acceptors (Lipinski definition) is 6. The molecular weight excluding hydrogens is 719 g/mol. The van der Waals surface area contributed by atoms with Crippen LogP contribution in [0, 0.1) is 0 Å². The molecule has 0 N–H and O–H groups in total. The molecule has 0 saturated carbocycles. The quantitative estimate of drug-likeness (QED) is 0.174. The van der Waals surface area contributed by atoms with E-state index in [9.17, 15) is 13.7 Å². The lowest BCUT2D eigenvalue weighted by molar-refractivity contribution is 0.669. The van der Waals surface area contributed by atoms with Crippen LogP contribution in [0.5, 0.6) is 0 Å². The van der Waals surface area contributed by atoms with Gasteiger partial charge < -0.3 is 8.83 Å². The molecule has 0 atom stereocenters. The van der Waals surface area contributed by atoms with Gasteiger partial charge in [0.2, 0.25) is 0 Å². The highest BCUT2D eigenvalue weighted by Crippen LogP contribution is 2.44. The Hall–Kier alpha value is -7.41. The molecule has 4 aromatic heterocycles.